The molecule has 0 N–H and O–H groups in total. The van der Waals surface area contributed by atoms with Gasteiger partial charge in [0.15, 0.2) is 11.6 Å². The summed E-state index contributed by atoms with van der Waals surface area (Å²) in [6, 6.07) is 58.0. The predicted octanol–water partition coefficient (Wildman–Crippen LogP) is 14.6. The second-order valence-electron chi connectivity index (χ2n) is 13.1. The summed E-state index contributed by atoms with van der Waals surface area (Å²) in [6.07, 6.45) is 0. The fraction of sp³-hybridized carbons (Fsp3) is 0. The zero-order chi connectivity index (χ0) is 40.6. The molecule has 0 aromatic heterocycles. The normalized spacial score (nSPS) is 10.7. The van der Waals surface area contributed by atoms with Crippen LogP contribution >= 0.6 is 31.9 Å². The second-order valence-corrected chi connectivity index (χ2v) is 14.9. The lowest BCUT2D eigenvalue weighted by Crippen LogP contribution is -2.02. The Hall–Kier alpha value is -6.94. The minimum atomic E-state index is -0.130. The van der Waals surface area contributed by atoms with E-state index in [-0.39, 0.29) is 11.6 Å². The Bertz CT molecular complexity index is 2680. The van der Waals surface area contributed by atoms with E-state index in [9.17, 15) is 9.59 Å². The van der Waals surface area contributed by atoms with Crippen LogP contribution in [0, 0.1) is 0 Å². The first-order valence-electron chi connectivity index (χ1n) is 18.4. The van der Waals surface area contributed by atoms with Crippen LogP contribution in [0.2, 0.25) is 0 Å². The number of benzene rings is 8. The van der Waals surface area contributed by atoms with Crippen molar-refractivity contribution in [3.63, 3.8) is 0 Å². The summed E-state index contributed by atoms with van der Waals surface area (Å²) in [5.41, 5.74) is 2.14. The molecule has 0 saturated carbocycles. The number of ether oxygens (including phenoxy) is 5. The van der Waals surface area contributed by atoms with Crippen LogP contribution in [0.5, 0.6) is 57.5 Å². The quantitative estimate of drug-likeness (QED) is 0.101. The number of carbonyl (C=O) groups is 2. The van der Waals surface area contributed by atoms with Gasteiger partial charge in [0.25, 0.3) is 0 Å². The van der Waals surface area contributed by atoms with Crippen LogP contribution in [0.25, 0.3) is 0 Å². The second kappa shape index (κ2) is 18.1. The van der Waals surface area contributed by atoms with E-state index < -0.39 is 0 Å². The minimum absolute atomic E-state index is 0.104. The van der Waals surface area contributed by atoms with Gasteiger partial charge in [0.1, 0.15) is 57.5 Å². The summed E-state index contributed by atoms with van der Waals surface area (Å²) in [7, 11) is 0. The summed E-state index contributed by atoms with van der Waals surface area (Å²) in [5.74, 6) is 6.27. The third-order valence-corrected chi connectivity index (χ3v) is 10.1. The van der Waals surface area contributed by atoms with E-state index in [1.165, 1.54) is 0 Å². The highest BCUT2D eigenvalue weighted by atomic mass is 79.9. The van der Waals surface area contributed by atoms with Crippen molar-refractivity contribution in [2.75, 3.05) is 0 Å². The maximum Gasteiger partial charge on any atom is 0.194 e. The lowest BCUT2D eigenvalue weighted by Gasteiger charge is -2.10. The zero-order valence-electron chi connectivity index (χ0n) is 31.1. The summed E-state index contributed by atoms with van der Waals surface area (Å²) >= 11 is 6.87. The van der Waals surface area contributed by atoms with Crippen LogP contribution in [-0.4, -0.2) is 11.6 Å². The molecule has 0 atom stereocenters. The summed E-state index contributed by atoms with van der Waals surface area (Å²) < 4.78 is 31.4. The van der Waals surface area contributed by atoms with Crippen LogP contribution in [-0.2, 0) is 0 Å². The number of halogens is 2. The molecule has 0 heterocycles. The maximum atomic E-state index is 13.3. The van der Waals surface area contributed by atoms with Gasteiger partial charge in [-0.3, -0.25) is 9.59 Å². The Morgan fingerprint density at radius 2 is 0.576 bits per heavy atom. The molecule has 0 amide bonds. The van der Waals surface area contributed by atoms with E-state index in [1.54, 1.807) is 78.9 Å². The van der Waals surface area contributed by atoms with Gasteiger partial charge in [-0.15, -0.1) is 0 Å². The van der Waals surface area contributed by atoms with Crippen LogP contribution in [0.4, 0.5) is 0 Å². The molecule has 0 saturated heterocycles. The highest BCUT2D eigenvalue weighted by molar-refractivity contribution is 9.11. The Labute approximate surface area is 357 Å². The van der Waals surface area contributed by atoms with Gasteiger partial charge in [0, 0.05) is 31.2 Å². The number of ketones is 2. The van der Waals surface area contributed by atoms with Gasteiger partial charge in [-0.05, 0) is 176 Å². The first-order valence-corrected chi connectivity index (χ1v) is 20.0. The van der Waals surface area contributed by atoms with E-state index >= 15 is 0 Å². The number of hydrogen-bond acceptors (Lipinski definition) is 7. The molecule has 0 spiro atoms. The first kappa shape index (κ1) is 38.9. The average molecular weight is 905 g/mol. The first-order chi connectivity index (χ1) is 28.8. The van der Waals surface area contributed by atoms with Crippen molar-refractivity contribution in [3.8, 4) is 57.5 Å². The third-order valence-electron chi connectivity index (χ3n) is 8.92. The Morgan fingerprint density at radius 1 is 0.305 bits per heavy atom. The van der Waals surface area contributed by atoms with E-state index in [0.29, 0.717) is 68.2 Å². The largest absolute Gasteiger partial charge is 0.457 e. The monoisotopic (exact) mass is 902 g/mol. The van der Waals surface area contributed by atoms with Crippen molar-refractivity contribution >= 4 is 43.4 Å². The molecule has 0 aliphatic rings. The van der Waals surface area contributed by atoms with Crippen LogP contribution in [0.1, 0.15) is 31.8 Å². The van der Waals surface area contributed by atoms with Gasteiger partial charge in [-0.2, -0.15) is 0 Å². The molecule has 8 rings (SSSR count). The summed E-state index contributed by atoms with van der Waals surface area (Å²) in [4.78, 5) is 26.3. The van der Waals surface area contributed by atoms with Crippen molar-refractivity contribution in [1.29, 1.82) is 0 Å². The smallest absolute Gasteiger partial charge is 0.194 e. The molecular formula is C50H32Br2O7. The molecule has 0 unspecified atom stereocenters. The van der Waals surface area contributed by atoms with E-state index in [2.05, 4.69) is 31.9 Å². The van der Waals surface area contributed by atoms with E-state index in [1.807, 2.05) is 115 Å². The fourth-order valence-electron chi connectivity index (χ4n) is 5.91. The molecule has 8 aromatic carbocycles. The Balaban J connectivity index is 0.802. The highest BCUT2D eigenvalue weighted by Gasteiger charge is 2.14. The molecule has 0 bridgehead atoms. The van der Waals surface area contributed by atoms with Gasteiger partial charge < -0.3 is 23.7 Å². The molecule has 288 valence electrons. The molecule has 59 heavy (non-hydrogen) atoms. The van der Waals surface area contributed by atoms with Gasteiger partial charge >= 0.3 is 0 Å². The van der Waals surface area contributed by atoms with Crippen molar-refractivity contribution < 1.29 is 33.3 Å². The van der Waals surface area contributed by atoms with Crippen LogP contribution < -0.4 is 23.7 Å². The lowest BCUT2D eigenvalue weighted by atomic mass is 10.0. The van der Waals surface area contributed by atoms with Gasteiger partial charge in [0.05, 0.1) is 0 Å². The number of hydrogen-bond donors (Lipinski definition) is 0. The third kappa shape index (κ3) is 10.1. The van der Waals surface area contributed by atoms with E-state index in [4.69, 9.17) is 23.7 Å². The SMILES string of the molecule is O=C(c1ccc(Oc2ccc(Oc3ccc(Oc4ccc(Oc5ccccc5)cc4)cc3)cc2)cc1)c1ccc(Oc2ccc(C(=O)c3cc(Br)ccc3Br)cc2)cc1. The summed E-state index contributed by atoms with van der Waals surface area (Å²) in [6.45, 7) is 0. The van der Waals surface area contributed by atoms with E-state index in [0.717, 1.165) is 20.4 Å². The molecule has 0 aliphatic heterocycles. The summed E-state index contributed by atoms with van der Waals surface area (Å²) in [5, 5.41) is 0. The zero-order valence-corrected chi connectivity index (χ0v) is 34.3. The predicted molar refractivity (Wildman–Crippen MR) is 234 cm³/mol. The Morgan fingerprint density at radius 3 is 0.898 bits per heavy atom. The van der Waals surface area contributed by atoms with Crippen LogP contribution in [0.15, 0.2) is 203 Å². The van der Waals surface area contributed by atoms with Crippen molar-refractivity contribution in [2.24, 2.45) is 0 Å². The number of carbonyl (C=O) groups excluding carboxylic acids is 2. The van der Waals surface area contributed by atoms with Crippen molar-refractivity contribution in [1.82, 2.24) is 0 Å². The van der Waals surface area contributed by atoms with Gasteiger partial charge in [-0.25, -0.2) is 0 Å². The van der Waals surface area contributed by atoms with Gasteiger partial charge in [-0.1, -0.05) is 50.1 Å². The topological polar surface area (TPSA) is 80.3 Å². The Kier molecular flexibility index (Phi) is 11.9. The van der Waals surface area contributed by atoms with Crippen molar-refractivity contribution in [2.45, 2.75) is 0 Å². The lowest BCUT2D eigenvalue weighted by molar-refractivity contribution is 0.103. The minimum Gasteiger partial charge on any atom is -0.457 e. The van der Waals surface area contributed by atoms with Gasteiger partial charge in [0.2, 0.25) is 0 Å². The number of para-hydroxylation sites is 1. The molecule has 7 nitrogen and oxygen atoms in total. The molecular weight excluding hydrogens is 872 g/mol. The van der Waals surface area contributed by atoms with Crippen molar-refractivity contribution in [3.05, 3.63) is 225 Å². The molecule has 9 heteroatoms. The molecule has 0 fully saturated rings. The maximum absolute atomic E-state index is 13.3. The van der Waals surface area contributed by atoms with Crippen LogP contribution in [0.3, 0.4) is 0 Å². The average Bonchev–Trinajstić information content (AvgIpc) is 3.27. The fourth-order valence-corrected chi connectivity index (χ4v) is 6.70. The molecule has 8 aromatic rings. The molecule has 0 aliphatic carbocycles. The standard InChI is InChI=1S/C50H32Br2O7/c51-36-12-31-48(52)47(32-36)50(54)35-10-17-40(18-11-35)56-38-13-6-33(7-14-38)49(53)34-8-15-39(16-9-34)57-42-23-25-44(26-24-42)59-46-29-27-45(28-30-46)58-43-21-19-41(20-22-43)55-37-4-2-1-3-5-37/h1-32H. The molecule has 0 radical (unpaired) electrons. The highest BCUT2D eigenvalue weighted by Crippen LogP contribution is 2.32. The number of rotatable bonds is 14.